The van der Waals surface area contributed by atoms with Gasteiger partial charge in [0.05, 0.1) is 93.6 Å². The molecule has 0 saturated carbocycles. The molecule has 2 aromatic heterocycles. The Labute approximate surface area is 319 Å². The van der Waals surface area contributed by atoms with Crippen molar-refractivity contribution < 1.29 is 97.9 Å². The smallest absolute Gasteiger partial charge is 0.543 e. The number of hydrogen-bond donors (Lipinski definition) is 1. The number of carbonyl (C=O) groups excluding carboxylic acids is 2. The van der Waals surface area contributed by atoms with Crippen LogP contribution in [0.15, 0.2) is 60.7 Å². The normalized spacial score (nSPS) is 17.2. The van der Waals surface area contributed by atoms with Gasteiger partial charge in [0.15, 0.2) is 0 Å². The molecule has 2 N–H and O–H groups in total. The molecule has 1 aliphatic heterocycles. The molecule has 1 saturated heterocycles. The van der Waals surface area contributed by atoms with Gasteiger partial charge >= 0.3 is 59.1 Å². The molecule has 4 rings (SSSR count). The number of nitrogens with two attached hydrogens (primary N) is 1. The second kappa shape index (κ2) is 22.6. The van der Waals surface area contributed by atoms with E-state index in [1.807, 2.05) is 12.1 Å². The average Bonchev–Trinajstić information content (AvgIpc) is 3.03. The number of benzene rings is 1. The van der Waals surface area contributed by atoms with Gasteiger partial charge in [-0.3, -0.25) is 14.8 Å². The van der Waals surface area contributed by atoms with Crippen molar-refractivity contribution in [2.75, 3.05) is 84.8 Å². The number of nitrogens with zero attached hydrogens (tertiary/aromatic N) is 4. The van der Waals surface area contributed by atoms with Gasteiger partial charge in [0.25, 0.3) is 0 Å². The number of aromatic nitrogens is 2. The summed E-state index contributed by atoms with van der Waals surface area (Å²) in [4.78, 5) is 35.6. The first-order valence-electron chi connectivity index (χ1n) is 14.9. The summed E-state index contributed by atoms with van der Waals surface area (Å²) in [5, 5.41) is 22.8. The minimum absolute atomic E-state index is 0. The molecule has 3 aromatic rings. The molecule has 1 atom stereocenters. The Bertz CT molecular complexity index is 1350. The number of rotatable bonds is 7. The Hall–Kier alpha value is -1.98. The van der Waals surface area contributed by atoms with Crippen molar-refractivity contribution in [1.82, 2.24) is 19.8 Å². The van der Waals surface area contributed by atoms with Crippen LogP contribution < -0.4 is 75.1 Å². The summed E-state index contributed by atoms with van der Waals surface area (Å²) in [5.41, 5.74) is 8.39. The van der Waals surface area contributed by atoms with E-state index in [9.17, 15) is 19.8 Å². The zero-order chi connectivity index (χ0) is 31.9. The molecule has 0 spiro atoms. The van der Waals surface area contributed by atoms with Crippen molar-refractivity contribution in [3.8, 4) is 0 Å². The Kier molecular flexibility index (Phi) is 19.8. The third kappa shape index (κ3) is 14.2. The van der Waals surface area contributed by atoms with Crippen molar-refractivity contribution in [2.24, 2.45) is 0 Å². The van der Waals surface area contributed by atoms with Gasteiger partial charge in [-0.05, 0) is 42.0 Å². The first-order valence-corrected chi connectivity index (χ1v) is 14.9. The zero-order valence-electron chi connectivity index (χ0n) is 27.2. The van der Waals surface area contributed by atoms with Gasteiger partial charge in [-0.25, -0.2) is 4.98 Å². The zero-order valence-corrected chi connectivity index (χ0v) is 31.2. The van der Waals surface area contributed by atoms with Crippen LogP contribution in [0.5, 0.6) is 0 Å². The standard InChI is InChI=1S/C32H41N5O8.2Na/c33-25-9-7-24(8-10-25)30(27-4-2-6-29(35-27)32(40)41)37-13-17-44-21-19-42-15-11-36(12-16-43-20-22-45-18-14-37)23-26-3-1-5-28(34-26)31(38)39;;/h1-10,30H,11-23,33H2,(H,38,39)(H,40,41);;/q;2*+1/p-2. The molecule has 1 aromatic carbocycles. The van der Waals surface area contributed by atoms with Gasteiger partial charge < -0.3 is 44.5 Å². The van der Waals surface area contributed by atoms with Crippen LogP contribution in [0.1, 0.15) is 44.0 Å². The maximum absolute atomic E-state index is 11.6. The molecule has 1 aliphatic rings. The number of aromatic carboxylic acids is 2. The van der Waals surface area contributed by atoms with Crippen LogP contribution in [-0.4, -0.2) is 111 Å². The van der Waals surface area contributed by atoms with Crippen molar-refractivity contribution in [3.63, 3.8) is 0 Å². The molecular formula is C32H39N5Na2O8. The van der Waals surface area contributed by atoms with Crippen LogP contribution in [0.3, 0.4) is 0 Å². The monoisotopic (exact) mass is 667 g/mol. The predicted molar refractivity (Wildman–Crippen MR) is 160 cm³/mol. The summed E-state index contributed by atoms with van der Waals surface area (Å²) in [7, 11) is 0. The van der Waals surface area contributed by atoms with Crippen LogP contribution in [0.25, 0.3) is 0 Å². The summed E-state index contributed by atoms with van der Waals surface area (Å²) in [6.07, 6.45) is 0. The summed E-state index contributed by atoms with van der Waals surface area (Å²) in [6, 6.07) is 16.7. The summed E-state index contributed by atoms with van der Waals surface area (Å²) < 4.78 is 23.5. The molecule has 0 bridgehead atoms. The third-order valence-electron chi connectivity index (χ3n) is 7.17. The number of ether oxygens (including phenoxy) is 4. The molecule has 242 valence electrons. The van der Waals surface area contributed by atoms with Crippen molar-refractivity contribution in [1.29, 1.82) is 0 Å². The Morgan fingerprint density at radius 3 is 1.70 bits per heavy atom. The van der Waals surface area contributed by atoms with E-state index in [0.717, 1.165) is 5.56 Å². The van der Waals surface area contributed by atoms with E-state index in [2.05, 4.69) is 19.8 Å². The molecule has 15 heteroatoms. The van der Waals surface area contributed by atoms with Gasteiger partial charge in [0.2, 0.25) is 0 Å². The van der Waals surface area contributed by atoms with E-state index >= 15 is 0 Å². The molecular weight excluding hydrogens is 628 g/mol. The largest absolute Gasteiger partial charge is 1.00 e. The van der Waals surface area contributed by atoms with Crippen molar-refractivity contribution in [3.05, 3.63) is 89.0 Å². The molecule has 47 heavy (non-hydrogen) atoms. The Morgan fingerprint density at radius 2 is 1.17 bits per heavy atom. The summed E-state index contributed by atoms with van der Waals surface area (Å²) in [6.45, 7) is 5.86. The number of hydrogen-bond acceptors (Lipinski definition) is 13. The molecule has 0 aliphatic carbocycles. The van der Waals surface area contributed by atoms with E-state index in [1.54, 1.807) is 36.4 Å². The number of carboxylic acid groups (broad SMARTS) is 2. The quantitative estimate of drug-likeness (QED) is 0.186. The van der Waals surface area contributed by atoms with E-state index < -0.39 is 11.9 Å². The van der Waals surface area contributed by atoms with Crippen molar-refractivity contribution in [2.45, 2.75) is 12.6 Å². The molecule has 1 fully saturated rings. The second-order valence-electron chi connectivity index (χ2n) is 10.4. The molecule has 1 unspecified atom stereocenters. The van der Waals surface area contributed by atoms with E-state index in [0.29, 0.717) is 103 Å². The molecule has 3 heterocycles. The third-order valence-corrected chi connectivity index (χ3v) is 7.17. The van der Waals surface area contributed by atoms with Crippen LogP contribution in [0, 0.1) is 0 Å². The fourth-order valence-corrected chi connectivity index (χ4v) is 4.91. The van der Waals surface area contributed by atoms with Gasteiger partial charge in [-0.15, -0.1) is 0 Å². The van der Waals surface area contributed by atoms with Gasteiger partial charge in [-0.2, -0.15) is 0 Å². The first-order chi connectivity index (χ1) is 21.9. The fraction of sp³-hybridized carbons (Fsp3) is 0.438. The maximum atomic E-state index is 11.6. The topological polar surface area (TPSA) is 175 Å². The first kappa shape index (κ1) is 41.2. The second-order valence-corrected chi connectivity index (χ2v) is 10.4. The van der Waals surface area contributed by atoms with E-state index in [1.165, 1.54) is 12.1 Å². The van der Waals surface area contributed by atoms with Gasteiger partial charge in [-0.1, -0.05) is 24.3 Å². The fourth-order valence-electron chi connectivity index (χ4n) is 4.91. The number of nitrogen functional groups attached to an aromatic ring is 1. The van der Waals surface area contributed by atoms with Crippen LogP contribution >= 0.6 is 0 Å². The summed E-state index contributed by atoms with van der Waals surface area (Å²) in [5.74, 6) is -2.65. The SMILES string of the molecule is Nc1ccc(C(c2cccc(C(=O)[O-])n2)N2CCOCCOCCN(Cc3cccc(C(=O)[O-])n3)CCOCCOCC2)cc1.[Na+].[Na+]. The number of anilines is 1. The number of carbonyl (C=O) groups is 2. The minimum atomic E-state index is -1.34. The Morgan fingerprint density at radius 1 is 0.681 bits per heavy atom. The minimum Gasteiger partial charge on any atom is -0.543 e. The summed E-state index contributed by atoms with van der Waals surface area (Å²) >= 11 is 0. The number of carboxylic acids is 2. The van der Waals surface area contributed by atoms with Crippen molar-refractivity contribution >= 4 is 17.6 Å². The van der Waals surface area contributed by atoms with E-state index in [4.69, 9.17) is 24.7 Å². The van der Waals surface area contributed by atoms with E-state index in [-0.39, 0.29) is 76.5 Å². The predicted octanol–water partition coefficient (Wildman–Crippen LogP) is -6.23. The van der Waals surface area contributed by atoms with Crippen LogP contribution in [-0.2, 0) is 25.5 Å². The van der Waals surface area contributed by atoms with Crippen LogP contribution in [0.4, 0.5) is 5.69 Å². The van der Waals surface area contributed by atoms with Gasteiger partial charge in [0.1, 0.15) is 0 Å². The maximum Gasteiger partial charge on any atom is 1.00 e. The van der Waals surface area contributed by atoms with Gasteiger partial charge in [0, 0.05) is 38.4 Å². The molecule has 0 amide bonds. The number of pyridine rings is 2. The van der Waals surface area contributed by atoms with Crippen LogP contribution in [0.2, 0.25) is 0 Å². The Balaban J connectivity index is 0.00000384. The average molecular weight is 668 g/mol. The molecule has 0 radical (unpaired) electrons. The molecule has 13 nitrogen and oxygen atoms in total.